The molecule has 78 valence electrons. The van der Waals surface area contributed by atoms with E-state index in [-0.39, 0.29) is 0 Å². The topological polar surface area (TPSA) is 20.2 Å². The molecule has 3 rings (SSSR count). The summed E-state index contributed by atoms with van der Waals surface area (Å²) in [4.78, 5) is 0. The Balaban J connectivity index is 2.05. The smallest absolute Gasteiger partial charge is 0.118 e. The summed E-state index contributed by atoms with van der Waals surface area (Å²) >= 11 is 0. The standard InChI is InChI=1S/C15H12O/c1-10-8-12(6-7-15(10)16)14-9-11-4-2-3-5-13(11)14/h2-9,16H,1H3. The summed E-state index contributed by atoms with van der Waals surface area (Å²) in [6.07, 6.45) is 2.18. The van der Waals surface area contributed by atoms with Gasteiger partial charge in [-0.25, -0.2) is 0 Å². The van der Waals surface area contributed by atoms with E-state index in [0.29, 0.717) is 5.75 Å². The predicted molar refractivity (Wildman–Crippen MR) is 66.3 cm³/mol. The van der Waals surface area contributed by atoms with Gasteiger partial charge in [0.05, 0.1) is 0 Å². The number of fused-ring (bicyclic) bond motifs is 1. The van der Waals surface area contributed by atoms with Crippen LogP contribution in [0.1, 0.15) is 22.3 Å². The van der Waals surface area contributed by atoms with E-state index in [1.54, 1.807) is 6.07 Å². The van der Waals surface area contributed by atoms with Gasteiger partial charge in [-0.1, -0.05) is 30.3 Å². The van der Waals surface area contributed by atoms with E-state index in [0.717, 1.165) is 5.56 Å². The highest BCUT2D eigenvalue weighted by Gasteiger charge is 2.16. The molecule has 0 heterocycles. The number of aryl methyl sites for hydroxylation is 1. The average Bonchev–Trinajstić information content (AvgIpc) is 2.25. The lowest BCUT2D eigenvalue weighted by Crippen LogP contribution is -1.99. The van der Waals surface area contributed by atoms with Crippen LogP contribution in [0.4, 0.5) is 0 Å². The Morgan fingerprint density at radius 1 is 1.00 bits per heavy atom. The minimum atomic E-state index is 0.358. The molecule has 1 nitrogen and oxygen atoms in total. The van der Waals surface area contributed by atoms with Crippen LogP contribution in [0, 0.1) is 6.92 Å². The molecule has 1 aliphatic carbocycles. The van der Waals surface area contributed by atoms with Crippen LogP contribution in [0.15, 0.2) is 42.5 Å². The lowest BCUT2D eigenvalue weighted by Gasteiger charge is -2.20. The van der Waals surface area contributed by atoms with Gasteiger partial charge in [0.25, 0.3) is 0 Å². The second kappa shape index (κ2) is 3.24. The molecular weight excluding hydrogens is 196 g/mol. The van der Waals surface area contributed by atoms with Gasteiger partial charge < -0.3 is 5.11 Å². The van der Waals surface area contributed by atoms with Crippen molar-refractivity contribution in [2.24, 2.45) is 0 Å². The monoisotopic (exact) mass is 208 g/mol. The van der Waals surface area contributed by atoms with E-state index in [4.69, 9.17) is 0 Å². The van der Waals surface area contributed by atoms with Crippen LogP contribution in [-0.2, 0) is 0 Å². The van der Waals surface area contributed by atoms with Gasteiger partial charge in [0.2, 0.25) is 0 Å². The van der Waals surface area contributed by atoms with Gasteiger partial charge in [-0.2, -0.15) is 0 Å². The Bertz CT molecular complexity index is 594. The molecule has 0 aromatic heterocycles. The summed E-state index contributed by atoms with van der Waals surface area (Å²) in [7, 11) is 0. The van der Waals surface area contributed by atoms with E-state index in [2.05, 4.69) is 24.3 Å². The normalized spacial score (nSPS) is 12.7. The molecule has 1 N–H and O–H groups in total. The van der Waals surface area contributed by atoms with Crippen molar-refractivity contribution in [2.45, 2.75) is 6.92 Å². The minimum Gasteiger partial charge on any atom is -0.508 e. The maximum absolute atomic E-state index is 9.49. The summed E-state index contributed by atoms with van der Waals surface area (Å²) in [6, 6.07) is 14.1. The maximum Gasteiger partial charge on any atom is 0.118 e. The summed E-state index contributed by atoms with van der Waals surface area (Å²) in [5.74, 6) is 0.358. The molecule has 0 saturated heterocycles. The number of hydrogen-bond acceptors (Lipinski definition) is 1. The average molecular weight is 208 g/mol. The molecule has 0 spiro atoms. The minimum absolute atomic E-state index is 0.358. The van der Waals surface area contributed by atoms with E-state index in [1.165, 1.54) is 22.3 Å². The van der Waals surface area contributed by atoms with Crippen molar-refractivity contribution >= 4 is 11.6 Å². The lowest BCUT2D eigenvalue weighted by molar-refractivity contribution is 0.471. The number of rotatable bonds is 1. The highest BCUT2D eigenvalue weighted by atomic mass is 16.3. The van der Waals surface area contributed by atoms with Crippen LogP contribution in [0.5, 0.6) is 5.75 Å². The van der Waals surface area contributed by atoms with Crippen molar-refractivity contribution in [1.29, 1.82) is 0 Å². The largest absolute Gasteiger partial charge is 0.508 e. The lowest BCUT2D eigenvalue weighted by atomic mass is 9.84. The van der Waals surface area contributed by atoms with Crippen LogP contribution >= 0.6 is 0 Å². The molecule has 0 fully saturated rings. The van der Waals surface area contributed by atoms with E-state index in [9.17, 15) is 5.11 Å². The van der Waals surface area contributed by atoms with Crippen LogP contribution in [-0.4, -0.2) is 5.11 Å². The Hall–Kier alpha value is -2.02. The molecule has 2 aromatic carbocycles. The molecule has 2 aromatic rings. The van der Waals surface area contributed by atoms with Crippen LogP contribution < -0.4 is 0 Å². The molecule has 0 aliphatic heterocycles. The third-order valence-electron chi connectivity index (χ3n) is 3.06. The fourth-order valence-corrected chi connectivity index (χ4v) is 2.09. The third-order valence-corrected chi connectivity index (χ3v) is 3.06. The van der Waals surface area contributed by atoms with Crippen molar-refractivity contribution in [3.63, 3.8) is 0 Å². The highest BCUT2D eigenvalue weighted by Crippen LogP contribution is 2.38. The molecule has 0 unspecified atom stereocenters. The Labute approximate surface area is 94.7 Å². The van der Waals surface area contributed by atoms with E-state index < -0.39 is 0 Å². The fourth-order valence-electron chi connectivity index (χ4n) is 2.09. The van der Waals surface area contributed by atoms with Gasteiger partial charge in [-0.15, -0.1) is 0 Å². The quantitative estimate of drug-likeness (QED) is 0.647. The Morgan fingerprint density at radius 3 is 2.56 bits per heavy atom. The first-order valence-corrected chi connectivity index (χ1v) is 5.37. The third kappa shape index (κ3) is 1.25. The van der Waals surface area contributed by atoms with Gasteiger partial charge >= 0.3 is 0 Å². The van der Waals surface area contributed by atoms with Gasteiger partial charge in [0.15, 0.2) is 0 Å². The summed E-state index contributed by atoms with van der Waals surface area (Å²) in [5, 5.41) is 9.49. The molecule has 0 bridgehead atoms. The zero-order valence-corrected chi connectivity index (χ0v) is 9.07. The number of aromatic hydroxyl groups is 1. The molecule has 0 atom stereocenters. The van der Waals surface area contributed by atoms with Gasteiger partial charge in [0, 0.05) is 0 Å². The number of phenolic OH excluding ortho intramolecular Hbond substituents is 1. The molecule has 1 heteroatoms. The number of hydrogen-bond donors (Lipinski definition) is 1. The first-order chi connectivity index (χ1) is 7.75. The molecule has 0 radical (unpaired) electrons. The molecule has 16 heavy (non-hydrogen) atoms. The van der Waals surface area contributed by atoms with Gasteiger partial charge in [-0.3, -0.25) is 0 Å². The van der Waals surface area contributed by atoms with E-state index in [1.807, 2.05) is 25.1 Å². The van der Waals surface area contributed by atoms with Gasteiger partial charge in [-0.05, 0) is 53.0 Å². The van der Waals surface area contributed by atoms with E-state index >= 15 is 0 Å². The summed E-state index contributed by atoms with van der Waals surface area (Å²) in [5.41, 5.74) is 5.95. The Morgan fingerprint density at radius 2 is 1.81 bits per heavy atom. The zero-order chi connectivity index (χ0) is 11.1. The van der Waals surface area contributed by atoms with Gasteiger partial charge in [0.1, 0.15) is 5.75 Å². The molecule has 0 amide bonds. The predicted octanol–water partition coefficient (Wildman–Crippen LogP) is 3.60. The van der Waals surface area contributed by atoms with Crippen molar-refractivity contribution in [3.8, 4) is 5.75 Å². The maximum atomic E-state index is 9.49. The molecule has 1 aliphatic rings. The number of benzene rings is 2. The molecule has 0 saturated carbocycles. The second-order valence-electron chi connectivity index (χ2n) is 4.15. The van der Waals surface area contributed by atoms with Crippen molar-refractivity contribution in [2.75, 3.05) is 0 Å². The summed E-state index contributed by atoms with van der Waals surface area (Å²) < 4.78 is 0. The van der Waals surface area contributed by atoms with Crippen LogP contribution in [0.2, 0.25) is 0 Å². The second-order valence-corrected chi connectivity index (χ2v) is 4.15. The molecular formula is C15H12O. The SMILES string of the molecule is Cc1cc(C2=Cc3ccccc32)ccc1O. The first-order valence-electron chi connectivity index (χ1n) is 5.37. The Kier molecular flexibility index (Phi) is 1.87. The first kappa shape index (κ1) is 9.22. The highest BCUT2D eigenvalue weighted by molar-refractivity contribution is 6.02. The van der Waals surface area contributed by atoms with Crippen LogP contribution in [0.25, 0.3) is 11.6 Å². The fraction of sp³-hybridized carbons (Fsp3) is 0.0667. The van der Waals surface area contributed by atoms with Crippen molar-refractivity contribution < 1.29 is 5.11 Å². The zero-order valence-electron chi connectivity index (χ0n) is 9.07. The number of phenols is 1. The van der Waals surface area contributed by atoms with Crippen LogP contribution in [0.3, 0.4) is 0 Å². The van der Waals surface area contributed by atoms with Crippen molar-refractivity contribution in [1.82, 2.24) is 0 Å². The summed E-state index contributed by atoms with van der Waals surface area (Å²) in [6.45, 7) is 1.92. The van der Waals surface area contributed by atoms with Crippen molar-refractivity contribution in [3.05, 3.63) is 64.7 Å².